The Morgan fingerprint density at radius 1 is 1.35 bits per heavy atom. The Balaban J connectivity index is 1.34. The van der Waals surface area contributed by atoms with E-state index in [0.717, 1.165) is 21.8 Å². The van der Waals surface area contributed by atoms with E-state index in [1.54, 1.807) is 6.07 Å². The van der Waals surface area contributed by atoms with E-state index in [0.29, 0.717) is 41.8 Å². The first-order chi connectivity index (χ1) is 17.6. The number of carbonyl (C=O) groups excluding carboxylic acids is 1. The number of anilines is 1. The molecule has 14 heteroatoms. The standard InChI is InChI=1S/C23H25ClN4O7S2/c1-11-14(22-15-7-20(24)35-18(15)2-3-33-22)6-19(36-11)21(30)16-8-26-10-27-23(16)28-13-4-12(17(29)5-13)9-34-37(25,31)32/h6-8,10,12-13,17,22,29H,2-5,9H2,1H3,(H2,25,31,32)(H,26,27,28)/t12-,13-,17+,22?/m1/s1. The molecule has 1 aliphatic carbocycles. The zero-order chi connectivity index (χ0) is 26.3. The van der Waals surface area contributed by atoms with Gasteiger partial charge in [0.15, 0.2) is 5.22 Å². The van der Waals surface area contributed by atoms with Crippen LogP contribution >= 0.6 is 22.9 Å². The van der Waals surface area contributed by atoms with Crippen LogP contribution in [-0.2, 0) is 25.6 Å². The molecule has 2 aliphatic rings. The molecule has 0 amide bonds. The Labute approximate surface area is 222 Å². The lowest BCUT2D eigenvalue weighted by Gasteiger charge is -2.22. The first-order valence-electron chi connectivity index (χ1n) is 11.6. The molecular formula is C23H25ClN4O7S2. The van der Waals surface area contributed by atoms with Crippen LogP contribution in [0.3, 0.4) is 0 Å². The molecule has 3 aromatic rings. The van der Waals surface area contributed by atoms with Crippen molar-refractivity contribution >= 4 is 44.8 Å². The number of furan rings is 1. The van der Waals surface area contributed by atoms with Crippen molar-refractivity contribution in [1.29, 1.82) is 0 Å². The van der Waals surface area contributed by atoms with Gasteiger partial charge in [0.05, 0.1) is 29.8 Å². The van der Waals surface area contributed by atoms with Crippen molar-refractivity contribution in [3.05, 3.63) is 62.1 Å². The number of thiophene rings is 1. The smallest absolute Gasteiger partial charge is 0.333 e. The Hall–Kier alpha value is -2.39. The first-order valence-corrected chi connectivity index (χ1v) is 14.2. The van der Waals surface area contributed by atoms with E-state index in [1.807, 2.05) is 13.0 Å². The number of fused-ring (bicyclic) bond motifs is 1. The number of aliphatic hydroxyl groups excluding tert-OH is 1. The van der Waals surface area contributed by atoms with Gasteiger partial charge in [-0.1, -0.05) is 0 Å². The maximum atomic E-state index is 13.5. The quantitative estimate of drug-likeness (QED) is 0.344. The van der Waals surface area contributed by atoms with Crippen molar-refractivity contribution in [2.24, 2.45) is 11.1 Å². The highest BCUT2D eigenvalue weighted by atomic mass is 35.5. The number of nitrogens with two attached hydrogens (primary N) is 1. The van der Waals surface area contributed by atoms with Crippen LogP contribution in [-0.4, -0.2) is 54.6 Å². The maximum Gasteiger partial charge on any atom is 0.333 e. The second-order valence-electron chi connectivity index (χ2n) is 9.08. The predicted octanol–water partition coefficient (Wildman–Crippen LogP) is 2.76. The van der Waals surface area contributed by atoms with Crippen LogP contribution < -0.4 is 10.5 Å². The highest BCUT2D eigenvalue weighted by molar-refractivity contribution is 7.84. The van der Waals surface area contributed by atoms with Crippen molar-refractivity contribution < 1.29 is 31.7 Å². The third-order valence-corrected chi connectivity index (χ3v) is 8.29. The molecular weight excluding hydrogens is 544 g/mol. The zero-order valence-electron chi connectivity index (χ0n) is 19.7. The summed E-state index contributed by atoms with van der Waals surface area (Å²) in [7, 11) is -4.10. The number of aliphatic hydroxyl groups is 1. The summed E-state index contributed by atoms with van der Waals surface area (Å²) in [6, 6.07) is 3.31. The highest BCUT2D eigenvalue weighted by Crippen LogP contribution is 2.40. The molecule has 0 saturated heterocycles. The summed E-state index contributed by atoms with van der Waals surface area (Å²) < 4.78 is 38.4. The van der Waals surface area contributed by atoms with Gasteiger partial charge in [-0.15, -0.1) is 11.3 Å². The molecule has 3 aromatic heterocycles. The first kappa shape index (κ1) is 26.2. The molecule has 5 rings (SSSR count). The van der Waals surface area contributed by atoms with E-state index in [-0.39, 0.29) is 30.1 Å². The Bertz CT molecular complexity index is 1420. The van der Waals surface area contributed by atoms with E-state index in [2.05, 4.69) is 19.5 Å². The fourth-order valence-electron chi connectivity index (χ4n) is 4.83. The number of nitrogens with zero attached hydrogens (tertiary/aromatic N) is 2. The molecule has 0 bridgehead atoms. The van der Waals surface area contributed by atoms with Gasteiger partial charge in [-0.05, 0) is 43.0 Å². The lowest BCUT2D eigenvalue weighted by molar-refractivity contribution is 0.0643. The Morgan fingerprint density at radius 3 is 2.95 bits per heavy atom. The molecule has 37 heavy (non-hydrogen) atoms. The lowest BCUT2D eigenvalue weighted by Crippen LogP contribution is -2.24. The summed E-state index contributed by atoms with van der Waals surface area (Å²) in [5, 5.41) is 18.7. The number of ether oxygens (including phenoxy) is 1. The van der Waals surface area contributed by atoms with Gasteiger partial charge in [-0.3, -0.25) is 8.98 Å². The number of aryl methyl sites for hydroxylation is 1. The van der Waals surface area contributed by atoms with Gasteiger partial charge in [0.1, 0.15) is 24.0 Å². The molecule has 0 radical (unpaired) electrons. The second kappa shape index (κ2) is 10.4. The minimum Gasteiger partial charge on any atom is -0.449 e. The summed E-state index contributed by atoms with van der Waals surface area (Å²) in [5.74, 6) is 0.428. The monoisotopic (exact) mass is 568 g/mol. The summed E-state index contributed by atoms with van der Waals surface area (Å²) in [6.07, 6.45) is 2.98. The number of hydrogen-bond donors (Lipinski definition) is 3. The van der Waals surface area contributed by atoms with Gasteiger partial charge >= 0.3 is 10.3 Å². The van der Waals surface area contributed by atoms with Crippen molar-refractivity contribution in [3.8, 4) is 0 Å². The van der Waals surface area contributed by atoms with Crippen LogP contribution in [0.2, 0.25) is 5.22 Å². The molecule has 11 nitrogen and oxygen atoms in total. The van der Waals surface area contributed by atoms with Crippen LogP contribution in [0.25, 0.3) is 0 Å². The van der Waals surface area contributed by atoms with Gasteiger partial charge in [0.25, 0.3) is 0 Å². The second-order valence-corrected chi connectivity index (χ2v) is 11.9. The van der Waals surface area contributed by atoms with Crippen LogP contribution in [0.15, 0.2) is 29.1 Å². The fraction of sp³-hybridized carbons (Fsp3) is 0.435. The van der Waals surface area contributed by atoms with Gasteiger partial charge in [0.2, 0.25) is 5.78 Å². The number of rotatable bonds is 8. The number of halogens is 1. The Kier molecular flexibility index (Phi) is 7.38. The molecule has 4 N–H and O–H groups in total. The van der Waals surface area contributed by atoms with Crippen LogP contribution in [0.1, 0.15) is 55.9 Å². The minimum atomic E-state index is -4.10. The van der Waals surface area contributed by atoms with E-state index < -0.39 is 22.3 Å². The molecule has 198 valence electrons. The molecule has 1 unspecified atom stereocenters. The average Bonchev–Trinajstić information content (AvgIpc) is 3.52. The summed E-state index contributed by atoms with van der Waals surface area (Å²) in [4.78, 5) is 23.3. The normalized spacial score (nSPS) is 23.7. The molecule has 4 atom stereocenters. The summed E-state index contributed by atoms with van der Waals surface area (Å²) in [6.45, 7) is 2.19. The molecule has 1 fully saturated rings. The highest BCUT2D eigenvalue weighted by Gasteiger charge is 2.35. The topological polar surface area (TPSA) is 167 Å². The number of aromatic nitrogens is 2. The third-order valence-electron chi connectivity index (χ3n) is 6.57. The average molecular weight is 569 g/mol. The Morgan fingerprint density at radius 2 is 2.16 bits per heavy atom. The van der Waals surface area contributed by atoms with Crippen LogP contribution in [0, 0.1) is 12.8 Å². The molecule has 1 saturated carbocycles. The summed E-state index contributed by atoms with van der Waals surface area (Å²) in [5.41, 5.74) is 2.02. The van der Waals surface area contributed by atoms with Crippen LogP contribution in [0.5, 0.6) is 0 Å². The third kappa shape index (κ3) is 5.72. The number of carbonyl (C=O) groups is 1. The maximum absolute atomic E-state index is 13.5. The van der Waals surface area contributed by atoms with Gasteiger partial charge in [-0.2, -0.15) is 8.42 Å². The van der Waals surface area contributed by atoms with Crippen molar-refractivity contribution in [2.45, 2.75) is 44.4 Å². The molecule has 0 aromatic carbocycles. The van der Waals surface area contributed by atoms with Crippen LogP contribution in [0.4, 0.5) is 5.82 Å². The van der Waals surface area contributed by atoms with E-state index in [9.17, 15) is 18.3 Å². The van der Waals surface area contributed by atoms with Gasteiger partial charge in [-0.25, -0.2) is 15.1 Å². The van der Waals surface area contributed by atoms with Gasteiger partial charge < -0.3 is 19.6 Å². The number of hydrogen-bond acceptors (Lipinski definition) is 11. The molecule has 0 spiro atoms. The summed E-state index contributed by atoms with van der Waals surface area (Å²) >= 11 is 7.42. The van der Waals surface area contributed by atoms with E-state index in [1.165, 1.54) is 23.9 Å². The number of nitrogens with one attached hydrogen (secondary N) is 1. The molecule has 1 aliphatic heterocycles. The fourth-order valence-corrected chi connectivity index (χ4v) is 6.41. The SMILES string of the molecule is Cc1sc(C(=O)c2cncnc2N[C@@H]2C[C@H](COS(N)(=O)=O)[C@@H](O)C2)cc1C1OCCc2oc(Cl)cc21. The zero-order valence-corrected chi connectivity index (χ0v) is 22.1. The lowest BCUT2D eigenvalue weighted by atomic mass is 9.98. The van der Waals surface area contributed by atoms with E-state index >= 15 is 0 Å². The minimum absolute atomic E-state index is 0.224. The number of ketones is 1. The predicted molar refractivity (Wildman–Crippen MR) is 135 cm³/mol. The van der Waals surface area contributed by atoms with Crippen molar-refractivity contribution in [2.75, 3.05) is 18.5 Å². The van der Waals surface area contributed by atoms with E-state index in [4.69, 9.17) is 25.9 Å². The van der Waals surface area contributed by atoms with Crippen molar-refractivity contribution in [1.82, 2.24) is 9.97 Å². The molecule has 4 heterocycles. The largest absolute Gasteiger partial charge is 0.449 e. The van der Waals surface area contributed by atoms with Crippen molar-refractivity contribution in [3.63, 3.8) is 0 Å². The van der Waals surface area contributed by atoms with Gasteiger partial charge in [0, 0.05) is 41.1 Å².